The third-order valence-corrected chi connectivity index (χ3v) is 4.59. The van der Waals surface area contributed by atoms with Crippen molar-refractivity contribution >= 4 is 17.7 Å². The summed E-state index contributed by atoms with van der Waals surface area (Å²) in [4.78, 5) is 37.6. The summed E-state index contributed by atoms with van der Waals surface area (Å²) < 4.78 is 0. The lowest BCUT2D eigenvalue weighted by atomic mass is 9.91. The zero-order valence-electron chi connectivity index (χ0n) is 15.1. The van der Waals surface area contributed by atoms with Gasteiger partial charge in [0.15, 0.2) is 0 Å². The van der Waals surface area contributed by atoms with Crippen molar-refractivity contribution in [2.75, 3.05) is 32.7 Å². The molecule has 7 heteroatoms. The maximum absolute atomic E-state index is 12.2. The predicted molar refractivity (Wildman–Crippen MR) is 99.3 cm³/mol. The minimum absolute atomic E-state index is 0.0000165. The lowest BCUT2D eigenvalue weighted by molar-refractivity contribution is -0.135. The number of benzene rings is 1. The Labute approximate surface area is 154 Å². The number of carbonyl (C=O) groups is 3. The number of nitrogens with one attached hydrogen (secondary N) is 2. The Morgan fingerprint density at radius 2 is 1.81 bits per heavy atom. The van der Waals surface area contributed by atoms with E-state index in [0.29, 0.717) is 32.5 Å². The number of rotatable bonds is 2. The molecule has 3 amide bonds. The number of hydrogen-bond donors (Lipinski definition) is 3. The molecule has 0 spiro atoms. The summed E-state index contributed by atoms with van der Waals surface area (Å²) >= 11 is 0. The Morgan fingerprint density at radius 1 is 1.08 bits per heavy atom. The van der Waals surface area contributed by atoms with E-state index in [1.54, 1.807) is 0 Å². The molecule has 2 rings (SSSR count). The van der Waals surface area contributed by atoms with Crippen molar-refractivity contribution in [2.45, 2.75) is 31.6 Å². The van der Waals surface area contributed by atoms with Gasteiger partial charge in [-0.15, -0.1) is 0 Å². The van der Waals surface area contributed by atoms with Crippen LogP contribution in [0.25, 0.3) is 0 Å². The van der Waals surface area contributed by atoms with Gasteiger partial charge in [-0.2, -0.15) is 0 Å². The van der Waals surface area contributed by atoms with Crippen molar-refractivity contribution in [3.8, 4) is 0 Å². The normalized spacial score (nSPS) is 20.7. The second-order valence-corrected chi connectivity index (χ2v) is 6.51. The molecule has 1 aliphatic heterocycles. The molecule has 1 heterocycles. The van der Waals surface area contributed by atoms with Crippen LogP contribution >= 0.6 is 0 Å². The van der Waals surface area contributed by atoms with Crippen LogP contribution in [-0.2, 0) is 14.4 Å². The SMILES string of the molecule is NCC(=O)N1CCCNC(=O)CCC(c2ccccc2)CCNC(=O)C1. The minimum Gasteiger partial charge on any atom is -0.356 e. The summed E-state index contributed by atoms with van der Waals surface area (Å²) in [6.45, 7) is 1.25. The van der Waals surface area contributed by atoms with Gasteiger partial charge in [-0.25, -0.2) is 0 Å². The molecule has 1 atom stereocenters. The van der Waals surface area contributed by atoms with E-state index in [2.05, 4.69) is 22.8 Å². The molecule has 142 valence electrons. The van der Waals surface area contributed by atoms with Crippen LogP contribution in [0.4, 0.5) is 0 Å². The molecule has 0 aliphatic carbocycles. The molecule has 4 N–H and O–H groups in total. The molecule has 1 aromatic rings. The first-order chi connectivity index (χ1) is 12.6. The first-order valence-corrected chi connectivity index (χ1v) is 9.16. The third kappa shape index (κ3) is 6.48. The average Bonchev–Trinajstić information content (AvgIpc) is 2.66. The summed E-state index contributed by atoms with van der Waals surface area (Å²) in [6, 6.07) is 10.0. The van der Waals surface area contributed by atoms with Gasteiger partial charge in [0, 0.05) is 26.1 Å². The van der Waals surface area contributed by atoms with Crippen molar-refractivity contribution in [3.63, 3.8) is 0 Å². The van der Waals surface area contributed by atoms with Crippen LogP contribution in [0, 0.1) is 0 Å². The van der Waals surface area contributed by atoms with E-state index in [1.165, 1.54) is 10.5 Å². The van der Waals surface area contributed by atoms with Crippen molar-refractivity contribution in [3.05, 3.63) is 35.9 Å². The Morgan fingerprint density at radius 3 is 2.54 bits per heavy atom. The maximum atomic E-state index is 12.2. The number of amides is 3. The summed E-state index contributed by atoms with van der Waals surface area (Å²) in [5.41, 5.74) is 6.59. The summed E-state index contributed by atoms with van der Waals surface area (Å²) in [5, 5.41) is 5.77. The molecule has 1 unspecified atom stereocenters. The fourth-order valence-corrected chi connectivity index (χ4v) is 3.13. The van der Waals surface area contributed by atoms with Gasteiger partial charge in [0.1, 0.15) is 0 Å². The standard InChI is InChI=1S/C19H28N4O3/c20-13-19(26)23-12-4-10-21-17(24)8-7-16(9-11-22-18(25)14-23)15-5-2-1-3-6-15/h1-3,5-6,16H,4,7-14,20H2,(H,21,24)(H,22,25). The van der Waals surface area contributed by atoms with Crippen LogP contribution in [0.3, 0.4) is 0 Å². The van der Waals surface area contributed by atoms with Gasteiger partial charge in [0.25, 0.3) is 0 Å². The zero-order valence-corrected chi connectivity index (χ0v) is 15.1. The van der Waals surface area contributed by atoms with E-state index >= 15 is 0 Å². The Kier molecular flexibility index (Phi) is 8.08. The van der Waals surface area contributed by atoms with Gasteiger partial charge < -0.3 is 21.3 Å². The van der Waals surface area contributed by atoms with Crippen LogP contribution in [0.5, 0.6) is 0 Å². The molecule has 0 bridgehead atoms. The summed E-state index contributed by atoms with van der Waals surface area (Å²) in [7, 11) is 0. The van der Waals surface area contributed by atoms with Crippen molar-refractivity contribution in [1.82, 2.24) is 15.5 Å². The molecule has 0 saturated carbocycles. The molecule has 26 heavy (non-hydrogen) atoms. The van der Waals surface area contributed by atoms with Crippen LogP contribution in [0.15, 0.2) is 30.3 Å². The van der Waals surface area contributed by atoms with Crippen molar-refractivity contribution in [2.24, 2.45) is 5.73 Å². The zero-order chi connectivity index (χ0) is 18.8. The minimum atomic E-state index is -0.263. The lowest BCUT2D eigenvalue weighted by Crippen LogP contribution is -2.44. The lowest BCUT2D eigenvalue weighted by Gasteiger charge is -2.23. The summed E-state index contributed by atoms with van der Waals surface area (Å²) in [6.07, 6.45) is 2.52. The topological polar surface area (TPSA) is 105 Å². The quantitative estimate of drug-likeness (QED) is 0.708. The molecular formula is C19H28N4O3. The van der Waals surface area contributed by atoms with Crippen molar-refractivity contribution in [1.29, 1.82) is 0 Å². The molecule has 1 saturated heterocycles. The highest BCUT2D eigenvalue weighted by Gasteiger charge is 2.18. The van der Waals surface area contributed by atoms with Crippen molar-refractivity contribution < 1.29 is 14.4 Å². The van der Waals surface area contributed by atoms with E-state index in [-0.39, 0.29) is 36.7 Å². The average molecular weight is 360 g/mol. The maximum Gasteiger partial charge on any atom is 0.239 e. The molecule has 1 fully saturated rings. The molecular weight excluding hydrogens is 332 g/mol. The van der Waals surface area contributed by atoms with Gasteiger partial charge in [-0.1, -0.05) is 30.3 Å². The highest BCUT2D eigenvalue weighted by molar-refractivity contribution is 5.85. The monoisotopic (exact) mass is 360 g/mol. The smallest absolute Gasteiger partial charge is 0.239 e. The largest absolute Gasteiger partial charge is 0.356 e. The number of nitrogens with zero attached hydrogens (tertiary/aromatic N) is 1. The molecule has 0 aromatic heterocycles. The number of carbonyl (C=O) groups excluding carboxylic acids is 3. The van der Waals surface area contributed by atoms with E-state index in [9.17, 15) is 14.4 Å². The van der Waals surface area contributed by atoms with E-state index < -0.39 is 0 Å². The van der Waals surface area contributed by atoms with Crippen LogP contribution < -0.4 is 16.4 Å². The van der Waals surface area contributed by atoms with Crippen LogP contribution in [-0.4, -0.2) is 55.3 Å². The second kappa shape index (κ2) is 10.6. The number of nitrogens with two attached hydrogens (primary N) is 1. The molecule has 7 nitrogen and oxygen atoms in total. The van der Waals surface area contributed by atoms with Crippen LogP contribution in [0.1, 0.15) is 37.2 Å². The Hall–Kier alpha value is -2.41. The first kappa shape index (κ1) is 19.9. The van der Waals surface area contributed by atoms with Gasteiger partial charge in [0.05, 0.1) is 13.1 Å². The van der Waals surface area contributed by atoms with Gasteiger partial charge >= 0.3 is 0 Å². The van der Waals surface area contributed by atoms with Crippen LogP contribution in [0.2, 0.25) is 0 Å². The molecule has 1 aliphatic rings. The Bertz CT molecular complexity index is 606. The highest BCUT2D eigenvalue weighted by Crippen LogP contribution is 2.24. The summed E-state index contributed by atoms with van der Waals surface area (Å²) in [5.74, 6) is -0.226. The van der Waals surface area contributed by atoms with Gasteiger partial charge in [-0.3, -0.25) is 14.4 Å². The van der Waals surface area contributed by atoms with E-state index in [0.717, 1.165) is 12.8 Å². The second-order valence-electron chi connectivity index (χ2n) is 6.51. The predicted octanol–water partition coefficient (Wildman–Crippen LogP) is 0.364. The third-order valence-electron chi connectivity index (χ3n) is 4.59. The molecule has 1 aromatic carbocycles. The number of hydrogen-bond acceptors (Lipinski definition) is 4. The molecule has 0 radical (unpaired) electrons. The fourth-order valence-electron chi connectivity index (χ4n) is 3.13. The highest BCUT2D eigenvalue weighted by atomic mass is 16.2. The Balaban J connectivity index is 2.03. The van der Waals surface area contributed by atoms with Gasteiger partial charge in [0.2, 0.25) is 17.7 Å². The first-order valence-electron chi connectivity index (χ1n) is 9.16. The van der Waals surface area contributed by atoms with E-state index in [4.69, 9.17) is 5.73 Å². The fraction of sp³-hybridized carbons (Fsp3) is 0.526. The van der Waals surface area contributed by atoms with E-state index in [1.807, 2.05) is 18.2 Å². The van der Waals surface area contributed by atoms with Gasteiger partial charge in [-0.05, 0) is 30.7 Å².